The standard InChI is InChI=1S/C16H11ClN2O3/c17-10-3-6-12-13(7-10)19-16(22)14(18-12)8-15(21)9-1-4-11(20)5-2-9/h1-8,20-21H,(H,19,22). The number of aliphatic hydroxyl groups is 1. The first-order chi connectivity index (χ1) is 10.5. The molecular formula is C16H11ClN2O3. The van der Waals surface area contributed by atoms with Crippen LogP contribution in [0.25, 0.3) is 22.9 Å². The molecule has 0 amide bonds. The summed E-state index contributed by atoms with van der Waals surface area (Å²) >= 11 is 5.87. The molecule has 0 aliphatic rings. The van der Waals surface area contributed by atoms with Gasteiger partial charge in [-0.2, -0.15) is 0 Å². The van der Waals surface area contributed by atoms with Crippen LogP contribution >= 0.6 is 11.6 Å². The molecule has 22 heavy (non-hydrogen) atoms. The Morgan fingerprint density at radius 3 is 2.64 bits per heavy atom. The lowest BCUT2D eigenvalue weighted by Crippen LogP contribution is -2.12. The number of fused-ring (bicyclic) bond motifs is 1. The number of hydrogen-bond acceptors (Lipinski definition) is 4. The molecule has 0 saturated carbocycles. The van der Waals surface area contributed by atoms with Crippen molar-refractivity contribution in [1.29, 1.82) is 0 Å². The maximum atomic E-state index is 12.0. The number of nitrogens with zero attached hydrogens (tertiary/aromatic N) is 1. The number of aromatic hydroxyl groups is 1. The minimum absolute atomic E-state index is 0.0837. The van der Waals surface area contributed by atoms with Crippen LogP contribution in [0.4, 0.5) is 0 Å². The molecular weight excluding hydrogens is 304 g/mol. The summed E-state index contributed by atoms with van der Waals surface area (Å²) in [5.41, 5.74) is 1.21. The van der Waals surface area contributed by atoms with Gasteiger partial charge in [-0.3, -0.25) is 4.79 Å². The van der Waals surface area contributed by atoms with Crippen molar-refractivity contribution in [3.63, 3.8) is 0 Å². The second kappa shape index (κ2) is 5.54. The number of nitrogens with one attached hydrogen (secondary N) is 1. The first-order valence-corrected chi connectivity index (χ1v) is 6.80. The van der Waals surface area contributed by atoms with Gasteiger partial charge in [0.15, 0.2) is 0 Å². The van der Waals surface area contributed by atoms with Crippen LogP contribution in [0.2, 0.25) is 5.02 Å². The summed E-state index contributed by atoms with van der Waals surface area (Å²) in [6, 6.07) is 10.9. The van der Waals surface area contributed by atoms with E-state index >= 15 is 0 Å². The molecule has 6 heteroatoms. The lowest BCUT2D eigenvalue weighted by molar-refractivity contribution is 0.475. The monoisotopic (exact) mass is 314 g/mol. The van der Waals surface area contributed by atoms with Gasteiger partial charge >= 0.3 is 0 Å². The number of halogens is 1. The summed E-state index contributed by atoms with van der Waals surface area (Å²) in [6.45, 7) is 0. The normalized spacial score (nSPS) is 11.8. The largest absolute Gasteiger partial charge is 0.508 e. The topological polar surface area (TPSA) is 86.2 Å². The zero-order chi connectivity index (χ0) is 15.7. The number of H-pyrrole nitrogens is 1. The number of rotatable bonds is 2. The fraction of sp³-hybridized carbons (Fsp3) is 0. The molecule has 0 unspecified atom stereocenters. The van der Waals surface area contributed by atoms with Gasteiger partial charge in [0.25, 0.3) is 5.56 Å². The highest BCUT2D eigenvalue weighted by atomic mass is 35.5. The average molecular weight is 315 g/mol. The third kappa shape index (κ3) is 2.80. The molecule has 0 saturated heterocycles. The van der Waals surface area contributed by atoms with Gasteiger partial charge in [-0.1, -0.05) is 11.6 Å². The third-order valence-electron chi connectivity index (χ3n) is 3.12. The Kier molecular flexibility index (Phi) is 3.56. The van der Waals surface area contributed by atoms with E-state index in [0.29, 0.717) is 21.6 Å². The summed E-state index contributed by atoms with van der Waals surface area (Å²) in [6.07, 6.45) is 1.28. The zero-order valence-electron chi connectivity index (χ0n) is 11.2. The number of aromatic amines is 1. The van der Waals surface area contributed by atoms with Crippen molar-refractivity contribution in [3.05, 3.63) is 69.1 Å². The highest BCUT2D eigenvalue weighted by Crippen LogP contribution is 2.18. The van der Waals surface area contributed by atoms with Crippen LogP contribution in [-0.4, -0.2) is 20.2 Å². The molecule has 1 aromatic heterocycles. The fourth-order valence-corrected chi connectivity index (χ4v) is 2.19. The van der Waals surface area contributed by atoms with Gasteiger partial charge in [0.2, 0.25) is 0 Å². The highest BCUT2D eigenvalue weighted by molar-refractivity contribution is 6.31. The Hall–Kier alpha value is -2.79. The first-order valence-electron chi connectivity index (χ1n) is 6.42. The Bertz CT molecular complexity index is 930. The minimum Gasteiger partial charge on any atom is -0.508 e. The van der Waals surface area contributed by atoms with Gasteiger partial charge in [-0.05, 0) is 42.5 Å². The van der Waals surface area contributed by atoms with Gasteiger partial charge in [0.05, 0.1) is 11.0 Å². The maximum Gasteiger partial charge on any atom is 0.274 e. The quantitative estimate of drug-likeness (QED) is 0.633. The van der Waals surface area contributed by atoms with E-state index in [-0.39, 0.29) is 17.2 Å². The molecule has 0 aliphatic heterocycles. The van der Waals surface area contributed by atoms with Crippen LogP contribution in [0.5, 0.6) is 5.75 Å². The van der Waals surface area contributed by atoms with E-state index < -0.39 is 5.56 Å². The molecule has 0 atom stereocenters. The van der Waals surface area contributed by atoms with E-state index in [1.165, 1.54) is 30.3 Å². The number of phenols is 1. The molecule has 3 rings (SSSR count). The first kappa shape index (κ1) is 14.2. The van der Waals surface area contributed by atoms with Gasteiger partial charge in [-0.15, -0.1) is 0 Å². The van der Waals surface area contributed by atoms with Crippen LogP contribution < -0.4 is 5.56 Å². The minimum atomic E-state index is -0.430. The van der Waals surface area contributed by atoms with Gasteiger partial charge in [-0.25, -0.2) is 4.98 Å². The van der Waals surface area contributed by atoms with Crippen LogP contribution in [0.1, 0.15) is 11.3 Å². The van der Waals surface area contributed by atoms with Crippen molar-refractivity contribution in [2.24, 2.45) is 0 Å². The second-order valence-corrected chi connectivity index (χ2v) is 5.13. The van der Waals surface area contributed by atoms with Crippen LogP contribution in [0.15, 0.2) is 47.3 Å². The van der Waals surface area contributed by atoms with E-state index in [9.17, 15) is 15.0 Å². The Morgan fingerprint density at radius 1 is 1.18 bits per heavy atom. The fourth-order valence-electron chi connectivity index (χ4n) is 2.02. The van der Waals surface area contributed by atoms with Gasteiger partial charge in [0, 0.05) is 16.7 Å². The molecule has 1 heterocycles. The van der Waals surface area contributed by atoms with E-state index in [0.717, 1.165) is 0 Å². The number of aromatic nitrogens is 2. The summed E-state index contributed by atoms with van der Waals surface area (Å²) in [5, 5.41) is 19.8. The Morgan fingerprint density at radius 2 is 1.91 bits per heavy atom. The number of aliphatic hydroxyl groups excluding tert-OH is 1. The molecule has 0 spiro atoms. The summed E-state index contributed by atoms with van der Waals surface area (Å²) in [7, 11) is 0. The molecule has 110 valence electrons. The van der Waals surface area contributed by atoms with Crippen molar-refractivity contribution in [1.82, 2.24) is 9.97 Å². The maximum absolute atomic E-state index is 12.0. The summed E-state index contributed by atoms with van der Waals surface area (Å²) in [5.74, 6) is -0.0265. The Balaban J connectivity index is 2.07. The third-order valence-corrected chi connectivity index (χ3v) is 3.35. The van der Waals surface area contributed by atoms with Crippen molar-refractivity contribution in [2.45, 2.75) is 0 Å². The van der Waals surface area contributed by atoms with E-state index in [1.807, 2.05) is 0 Å². The van der Waals surface area contributed by atoms with Crippen molar-refractivity contribution in [3.8, 4) is 5.75 Å². The van der Waals surface area contributed by atoms with E-state index in [1.54, 1.807) is 18.2 Å². The SMILES string of the molecule is O=c1[nH]c2cc(Cl)ccc2nc1C=C(O)c1ccc(O)cc1. The summed E-state index contributed by atoms with van der Waals surface area (Å²) in [4.78, 5) is 18.9. The van der Waals surface area contributed by atoms with Crippen LogP contribution in [0, 0.1) is 0 Å². The molecule has 5 nitrogen and oxygen atoms in total. The summed E-state index contributed by atoms with van der Waals surface area (Å²) < 4.78 is 0. The molecule has 0 fully saturated rings. The lowest BCUT2D eigenvalue weighted by Gasteiger charge is -2.02. The van der Waals surface area contributed by atoms with Gasteiger partial charge in [0.1, 0.15) is 17.2 Å². The molecule has 0 aliphatic carbocycles. The highest BCUT2D eigenvalue weighted by Gasteiger charge is 2.06. The lowest BCUT2D eigenvalue weighted by atomic mass is 10.1. The zero-order valence-corrected chi connectivity index (χ0v) is 12.0. The van der Waals surface area contributed by atoms with Crippen molar-refractivity contribution >= 4 is 34.5 Å². The molecule has 0 radical (unpaired) electrons. The van der Waals surface area contributed by atoms with Crippen LogP contribution in [0.3, 0.4) is 0 Å². The van der Waals surface area contributed by atoms with E-state index in [4.69, 9.17) is 11.6 Å². The smallest absolute Gasteiger partial charge is 0.274 e. The number of benzene rings is 2. The van der Waals surface area contributed by atoms with Crippen molar-refractivity contribution in [2.75, 3.05) is 0 Å². The average Bonchev–Trinajstić information content (AvgIpc) is 2.49. The molecule has 3 aromatic rings. The predicted molar refractivity (Wildman–Crippen MR) is 86.0 cm³/mol. The second-order valence-electron chi connectivity index (χ2n) is 4.69. The van der Waals surface area contributed by atoms with E-state index in [2.05, 4.69) is 9.97 Å². The van der Waals surface area contributed by atoms with Crippen LogP contribution in [-0.2, 0) is 0 Å². The number of phenolic OH excluding ortho intramolecular Hbond substituents is 1. The molecule has 0 bridgehead atoms. The number of hydrogen-bond donors (Lipinski definition) is 3. The predicted octanol–water partition coefficient (Wildman–Crippen LogP) is 3.34. The molecule has 3 N–H and O–H groups in total. The molecule has 2 aromatic carbocycles. The Labute approximate surface area is 130 Å². The van der Waals surface area contributed by atoms with Crippen molar-refractivity contribution < 1.29 is 10.2 Å². The van der Waals surface area contributed by atoms with Gasteiger partial charge < -0.3 is 15.2 Å².